The van der Waals surface area contributed by atoms with Gasteiger partial charge in [-0.3, -0.25) is 0 Å². The van der Waals surface area contributed by atoms with Crippen LogP contribution in [0.5, 0.6) is 11.5 Å². The molecule has 0 unspecified atom stereocenters. The lowest BCUT2D eigenvalue weighted by Gasteiger charge is -2.10. The number of methoxy groups -OCH3 is 2. The Balaban J connectivity index is 2.27. The number of carbonyl (C=O) groups is 1. The fourth-order valence-corrected chi connectivity index (χ4v) is 1.76. The molecule has 0 bridgehead atoms. The van der Waals surface area contributed by atoms with Gasteiger partial charge < -0.3 is 19.1 Å². The van der Waals surface area contributed by atoms with Crippen LogP contribution in [0.15, 0.2) is 30.7 Å². The molecule has 0 fully saturated rings. The van der Waals surface area contributed by atoms with Gasteiger partial charge in [-0.1, -0.05) is 0 Å². The van der Waals surface area contributed by atoms with Crippen molar-refractivity contribution < 1.29 is 19.4 Å². The van der Waals surface area contributed by atoms with Crippen molar-refractivity contribution in [3.63, 3.8) is 0 Å². The fourth-order valence-electron chi connectivity index (χ4n) is 1.76. The van der Waals surface area contributed by atoms with Crippen LogP contribution in [0.25, 0.3) is 0 Å². The Morgan fingerprint density at radius 1 is 1.37 bits per heavy atom. The van der Waals surface area contributed by atoms with Gasteiger partial charge in [0.25, 0.3) is 0 Å². The maximum absolute atomic E-state index is 10.8. The van der Waals surface area contributed by atoms with Crippen LogP contribution in [0.3, 0.4) is 0 Å². The van der Waals surface area contributed by atoms with Gasteiger partial charge in [0.2, 0.25) is 0 Å². The maximum atomic E-state index is 10.8. The van der Waals surface area contributed by atoms with Gasteiger partial charge in [-0.15, -0.1) is 0 Å². The molecule has 6 nitrogen and oxygen atoms in total. The van der Waals surface area contributed by atoms with E-state index in [1.54, 1.807) is 24.9 Å². The molecule has 0 saturated carbocycles. The van der Waals surface area contributed by atoms with Crippen molar-refractivity contribution in [2.24, 2.45) is 0 Å². The minimum Gasteiger partial charge on any atom is -0.497 e. The Bertz CT molecular complexity index is 592. The van der Waals surface area contributed by atoms with Gasteiger partial charge in [-0.05, 0) is 18.2 Å². The zero-order chi connectivity index (χ0) is 13.8. The van der Waals surface area contributed by atoms with Crippen LogP contribution in [0.2, 0.25) is 0 Å². The number of aromatic carboxylic acids is 1. The summed E-state index contributed by atoms with van der Waals surface area (Å²) in [4.78, 5) is 14.6. The number of benzene rings is 1. The highest BCUT2D eigenvalue weighted by Gasteiger charge is 2.09. The highest BCUT2D eigenvalue weighted by molar-refractivity contribution is 5.84. The number of nitrogens with zero attached hydrogens (tertiary/aromatic N) is 2. The second-order valence-corrected chi connectivity index (χ2v) is 3.91. The lowest BCUT2D eigenvalue weighted by molar-refractivity contribution is 0.0691. The van der Waals surface area contributed by atoms with E-state index in [4.69, 9.17) is 14.6 Å². The minimum absolute atomic E-state index is 0.0156. The first kappa shape index (κ1) is 12.9. The van der Waals surface area contributed by atoms with E-state index < -0.39 is 5.97 Å². The molecular formula is C13H14N2O4. The SMILES string of the molecule is COc1ccc(OC)c(Cn2cnc(C(=O)O)c2)c1. The first-order chi connectivity index (χ1) is 9.13. The molecule has 2 aromatic rings. The molecule has 0 saturated heterocycles. The average Bonchev–Trinajstić information content (AvgIpc) is 2.87. The summed E-state index contributed by atoms with van der Waals surface area (Å²) >= 11 is 0. The Labute approximate surface area is 110 Å². The van der Waals surface area contributed by atoms with Crippen molar-refractivity contribution in [1.29, 1.82) is 0 Å². The van der Waals surface area contributed by atoms with Gasteiger partial charge in [-0.25, -0.2) is 9.78 Å². The predicted octanol–water partition coefficient (Wildman–Crippen LogP) is 1.65. The molecule has 0 amide bonds. The monoisotopic (exact) mass is 262 g/mol. The molecule has 0 aliphatic carbocycles. The third-order valence-corrected chi connectivity index (χ3v) is 2.69. The van der Waals surface area contributed by atoms with Crippen LogP contribution < -0.4 is 9.47 Å². The number of imidazole rings is 1. The molecule has 1 aromatic heterocycles. The van der Waals surface area contributed by atoms with E-state index in [0.717, 1.165) is 11.3 Å². The van der Waals surface area contributed by atoms with Crippen molar-refractivity contribution in [3.05, 3.63) is 42.0 Å². The standard InChI is InChI=1S/C13H14N2O4/c1-18-10-3-4-12(19-2)9(5-10)6-15-7-11(13(16)17)14-8-15/h3-5,7-8H,6H2,1-2H3,(H,16,17). The second-order valence-electron chi connectivity index (χ2n) is 3.91. The summed E-state index contributed by atoms with van der Waals surface area (Å²) in [6.07, 6.45) is 2.95. The first-order valence-corrected chi connectivity index (χ1v) is 5.60. The summed E-state index contributed by atoms with van der Waals surface area (Å²) in [5.41, 5.74) is 0.901. The third-order valence-electron chi connectivity index (χ3n) is 2.69. The van der Waals surface area contributed by atoms with E-state index in [2.05, 4.69) is 4.98 Å². The van der Waals surface area contributed by atoms with Crippen LogP contribution in [0, 0.1) is 0 Å². The zero-order valence-corrected chi connectivity index (χ0v) is 10.7. The minimum atomic E-state index is -1.05. The molecule has 1 heterocycles. The second kappa shape index (κ2) is 5.43. The van der Waals surface area contributed by atoms with Crippen LogP contribution >= 0.6 is 0 Å². The van der Waals surface area contributed by atoms with Gasteiger partial charge in [0.15, 0.2) is 5.69 Å². The predicted molar refractivity (Wildman–Crippen MR) is 67.8 cm³/mol. The van der Waals surface area contributed by atoms with Crippen molar-refractivity contribution in [3.8, 4) is 11.5 Å². The molecule has 1 N–H and O–H groups in total. The molecule has 19 heavy (non-hydrogen) atoms. The Morgan fingerprint density at radius 3 is 2.74 bits per heavy atom. The molecule has 2 rings (SSSR count). The molecule has 6 heteroatoms. The van der Waals surface area contributed by atoms with Crippen LogP contribution in [-0.4, -0.2) is 34.8 Å². The quantitative estimate of drug-likeness (QED) is 0.886. The number of aromatic nitrogens is 2. The van der Waals surface area contributed by atoms with Crippen molar-refractivity contribution >= 4 is 5.97 Å². The number of carboxylic acid groups (broad SMARTS) is 1. The van der Waals surface area contributed by atoms with Crippen LogP contribution in [0.4, 0.5) is 0 Å². The van der Waals surface area contributed by atoms with Crippen molar-refractivity contribution in [1.82, 2.24) is 9.55 Å². The molecule has 0 radical (unpaired) electrons. The number of carboxylic acids is 1. The first-order valence-electron chi connectivity index (χ1n) is 5.60. The molecule has 0 spiro atoms. The normalized spacial score (nSPS) is 10.2. The highest BCUT2D eigenvalue weighted by atomic mass is 16.5. The molecule has 0 atom stereocenters. The summed E-state index contributed by atoms with van der Waals surface area (Å²) in [5, 5.41) is 8.83. The summed E-state index contributed by atoms with van der Waals surface area (Å²) in [5.74, 6) is 0.386. The summed E-state index contributed by atoms with van der Waals surface area (Å²) < 4.78 is 12.1. The van der Waals surface area contributed by atoms with Gasteiger partial charge in [0, 0.05) is 11.8 Å². The molecule has 0 aliphatic rings. The van der Waals surface area contributed by atoms with Gasteiger partial charge in [0.1, 0.15) is 11.5 Å². The summed E-state index contributed by atoms with van der Waals surface area (Å²) in [6.45, 7) is 0.459. The summed E-state index contributed by atoms with van der Waals surface area (Å²) in [7, 11) is 3.17. The van der Waals surface area contributed by atoms with Crippen LogP contribution in [-0.2, 0) is 6.54 Å². The maximum Gasteiger partial charge on any atom is 0.356 e. The zero-order valence-electron chi connectivity index (χ0n) is 10.7. The Hall–Kier alpha value is -2.50. The van der Waals surface area contributed by atoms with E-state index in [1.165, 1.54) is 12.5 Å². The van der Waals surface area contributed by atoms with E-state index in [1.807, 2.05) is 12.1 Å². The number of ether oxygens (including phenoxy) is 2. The van der Waals surface area contributed by atoms with Crippen LogP contribution in [0.1, 0.15) is 16.1 Å². The van der Waals surface area contributed by atoms with Gasteiger partial charge >= 0.3 is 5.97 Å². The number of hydrogen-bond acceptors (Lipinski definition) is 4. The van der Waals surface area contributed by atoms with Gasteiger partial charge in [0.05, 0.1) is 27.1 Å². The topological polar surface area (TPSA) is 73.6 Å². The van der Waals surface area contributed by atoms with E-state index in [-0.39, 0.29) is 5.69 Å². The number of rotatable bonds is 5. The van der Waals surface area contributed by atoms with Crippen molar-refractivity contribution in [2.45, 2.75) is 6.54 Å². The molecule has 0 aliphatic heterocycles. The van der Waals surface area contributed by atoms with E-state index >= 15 is 0 Å². The summed E-state index contributed by atoms with van der Waals surface area (Å²) in [6, 6.07) is 5.46. The lowest BCUT2D eigenvalue weighted by atomic mass is 10.2. The van der Waals surface area contributed by atoms with Crippen molar-refractivity contribution in [2.75, 3.05) is 14.2 Å². The largest absolute Gasteiger partial charge is 0.497 e. The Morgan fingerprint density at radius 2 is 2.16 bits per heavy atom. The molecule has 1 aromatic carbocycles. The average molecular weight is 262 g/mol. The van der Waals surface area contributed by atoms with E-state index in [9.17, 15) is 4.79 Å². The third kappa shape index (κ3) is 2.85. The molecule has 100 valence electrons. The Kier molecular flexibility index (Phi) is 3.70. The molecular weight excluding hydrogens is 248 g/mol. The number of hydrogen-bond donors (Lipinski definition) is 1. The fraction of sp³-hybridized carbons (Fsp3) is 0.231. The highest BCUT2D eigenvalue weighted by Crippen LogP contribution is 2.24. The van der Waals surface area contributed by atoms with Gasteiger partial charge in [-0.2, -0.15) is 0 Å². The smallest absolute Gasteiger partial charge is 0.356 e. The van der Waals surface area contributed by atoms with E-state index in [0.29, 0.717) is 12.3 Å². The lowest BCUT2D eigenvalue weighted by Crippen LogP contribution is -2.01.